The van der Waals surface area contributed by atoms with Crippen LogP contribution in [0.4, 0.5) is 5.69 Å². The van der Waals surface area contributed by atoms with Crippen LogP contribution in [0, 0.1) is 17.9 Å². The summed E-state index contributed by atoms with van der Waals surface area (Å²) in [5, 5.41) is 25.2. The predicted octanol–water partition coefficient (Wildman–Crippen LogP) is 16.8. The van der Waals surface area contributed by atoms with E-state index in [2.05, 4.69) is 235 Å². The third-order valence-corrected chi connectivity index (χ3v) is 14.7. The Balaban J connectivity index is 1.03. The molecular weight excluding hydrogens is 853 g/mol. The van der Waals surface area contributed by atoms with Crippen molar-refractivity contribution < 1.29 is 0 Å². The summed E-state index contributed by atoms with van der Waals surface area (Å²) in [4.78, 5) is 4.30. The highest BCUT2D eigenvalue weighted by Gasteiger charge is 2.26. The Hall–Kier alpha value is -9.88. The average molecular weight is 889 g/mol. The molecule has 0 saturated heterocycles. The SMILES string of the molecule is [C-]#[N+]c1cc(-n2c3ccccc3c3c2ccc2c4c5ccccc5ccc4n(-c4ccccc4)c23)c(C#N)cc1-n1c2ccccc2c2c1ccc1c3c4ccccc4ccc3n(-c3ccccc3)c12. The minimum absolute atomic E-state index is 0.447. The zero-order valence-corrected chi connectivity index (χ0v) is 37.5. The van der Waals surface area contributed by atoms with Crippen molar-refractivity contribution in [1.82, 2.24) is 18.3 Å². The molecule has 6 nitrogen and oxygen atoms in total. The Bertz CT molecular complexity index is 4530. The Labute approximate surface area is 400 Å². The number of hydrogen-bond donors (Lipinski definition) is 0. The number of fused-ring (bicyclic) bond motifs is 18. The van der Waals surface area contributed by atoms with Crippen LogP contribution in [-0.2, 0) is 0 Å². The highest BCUT2D eigenvalue weighted by molar-refractivity contribution is 6.32. The number of aromatic nitrogens is 4. The Morgan fingerprint density at radius 1 is 0.343 bits per heavy atom. The third-order valence-electron chi connectivity index (χ3n) is 14.7. The van der Waals surface area contributed by atoms with Crippen LogP contribution in [0.5, 0.6) is 0 Å². The van der Waals surface area contributed by atoms with Crippen LogP contribution >= 0.6 is 0 Å². The number of benzene rings is 11. The molecule has 4 heterocycles. The molecule has 15 aromatic rings. The van der Waals surface area contributed by atoms with Crippen molar-refractivity contribution in [2.24, 2.45) is 0 Å². The van der Waals surface area contributed by atoms with E-state index in [0.717, 1.165) is 87.8 Å². The molecule has 0 bridgehead atoms. The molecule has 0 radical (unpaired) electrons. The molecule has 0 fully saturated rings. The van der Waals surface area contributed by atoms with Crippen molar-refractivity contribution in [1.29, 1.82) is 5.26 Å². The molecule has 322 valence electrons. The first-order valence-corrected chi connectivity index (χ1v) is 23.5. The summed E-state index contributed by atoms with van der Waals surface area (Å²) in [7, 11) is 0. The summed E-state index contributed by atoms with van der Waals surface area (Å²) in [5.74, 6) is 0. The second-order valence-electron chi connectivity index (χ2n) is 18.2. The molecule has 0 saturated carbocycles. The normalized spacial score (nSPS) is 12.0. The van der Waals surface area contributed by atoms with Crippen molar-refractivity contribution in [3.63, 3.8) is 0 Å². The Kier molecular flexibility index (Phi) is 7.82. The number of nitrogens with zero attached hydrogens (tertiary/aromatic N) is 6. The maximum Gasteiger partial charge on any atom is 0.212 e. The van der Waals surface area contributed by atoms with E-state index in [1.54, 1.807) is 0 Å². The molecule has 0 aliphatic carbocycles. The van der Waals surface area contributed by atoms with E-state index in [-0.39, 0.29) is 0 Å². The van der Waals surface area contributed by atoms with Gasteiger partial charge in [0.15, 0.2) is 0 Å². The fourth-order valence-electron chi connectivity index (χ4n) is 12.0. The molecule has 0 amide bonds. The van der Waals surface area contributed by atoms with Crippen molar-refractivity contribution in [3.8, 4) is 28.8 Å². The van der Waals surface area contributed by atoms with Crippen LogP contribution in [0.3, 0.4) is 0 Å². The lowest BCUT2D eigenvalue weighted by Crippen LogP contribution is -2.02. The smallest absolute Gasteiger partial charge is 0.212 e. The molecule has 0 atom stereocenters. The average Bonchev–Trinajstić information content (AvgIpc) is 4.16. The van der Waals surface area contributed by atoms with Crippen LogP contribution in [-0.4, -0.2) is 18.3 Å². The third kappa shape index (κ3) is 5.03. The van der Waals surface area contributed by atoms with Gasteiger partial charge in [-0.3, -0.25) is 0 Å². The quantitative estimate of drug-likeness (QED) is 0.162. The van der Waals surface area contributed by atoms with Gasteiger partial charge in [0, 0.05) is 54.5 Å². The first-order chi connectivity index (χ1) is 34.7. The van der Waals surface area contributed by atoms with Gasteiger partial charge < -0.3 is 18.3 Å². The molecule has 6 heteroatoms. The summed E-state index contributed by atoms with van der Waals surface area (Å²) in [6.07, 6.45) is 0. The summed E-state index contributed by atoms with van der Waals surface area (Å²) < 4.78 is 9.19. The van der Waals surface area contributed by atoms with Gasteiger partial charge in [0.05, 0.1) is 67.6 Å². The standard InChI is InChI=1S/C64H36N6/c1-66-50-37-57(69-51-26-14-12-24-46(51)61-55(69)34-30-48-59-44-22-10-8-16-39(44)28-32-53(59)67(63(48)61)42-18-4-2-5-19-42)41(38-65)36-58(50)70-52-27-15-13-25-47(52)62-56(70)35-31-49-60-45-23-11-9-17-40(45)29-33-54(60)68(64(49)62)43-20-6-3-7-21-43/h2-37H. The van der Waals surface area contributed by atoms with E-state index in [4.69, 9.17) is 6.57 Å². The van der Waals surface area contributed by atoms with E-state index in [0.29, 0.717) is 22.6 Å². The van der Waals surface area contributed by atoms with Gasteiger partial charge in [0.2, 0.25) is 5.69 Å². The van der Waals surface area contributed by atoms with Gasteiger partial charge in [0.25, 0.3) is 0 Å². The molecule has 0 N–H and O–H groups in total. The number of rotatable bonds is 4. The first-order valence-electron chi connectivity index (χ1n) is 23.5. The first kappa shape index (κ1) is 38.2. The number of para-hydroxylation sites is 4. The van der Waals surface area contributed by atoms with E-state index in [1.165, 1.54) is 32.3 Å². The van der Waals surface area contributed by atoms with Gasteiger partial charge in [-0.15, -0.1) is 0 Å². The molecule has 0 aliphatic rings. The van der Waals surface area contributed by atoms with Gasteiger partial charge in [-0.25, -0.2) is 4.85 Å². The zero-order chi connectivity index (χ0) is 46.2. The zero-order valence-electron chi connectivity index (χ0n) is 37.5. The van der Waals surface area contributed by atoms with E-state index >= 15 is 0 Å². The molecule has 11 aromatic carbocycles. The second-order valence-corrected chi connectivity index (χ2v) is 18.2. The molecule has 0 aliphatic heterocycles. The molecule has 70 heavy (non-hydrogen) atoms. The maximum absolute atomic E-state index is 11.3. The summed E-state index contributed by atoms with van der Waals surface area (Å²) >= 11 is 0. The lowest BCUT2D eigenvalue weighted by molar-refractivity contribution is 1.14. The fourth-order valence-corrected chi connectivity index (χ4v) is 12.0. The lowest BCUT2D eigenvalue weighted by Gasteiger charge is -2.16. The molecule has 15 rings (SSSR count). The number of nitriles is 1. The minimum Gasteiger partial charge on any atom is -0.319 e. The highest BCUT2D eigenvalue weighted by atomic mass is 15.0. The van der Waals surface area contributed by atoms with E-state index in [9.17, 15) is 5.26 Å². The predicted molar refractivity (Wildman–Crippen MR) is 290 cm³/mol. The van der Waals surface area contributed by atoms with E-state index in [1.807, 2.05) is 12.1 Å². The fraction of sp³-hybridized carbons (Fsp3) is 0. The lowest BCUT2D eigenvalue weighted by atomic mass is 10.0. The summed E-state index contributed by atoms with van der Waals surface area (Å²) in [5.41, 5.74) is 12.7. The molecule has 4 aromatic heterocycles. The molecular formula is C64H36N6. The van der Waals surface area contributed by atoms with Crippen LogP contribution in [0.1, 0.15) is 5.56 Å². The minimum atomic E-state index is 0.447. The van der Waals surface area contributed by atoms with Crippen molar-refractivity contribution in [3.05, 3.63) is 235 Å². The Morgan fingerprint density at radius 3 is 1.24 bits per heavy atom. The van der Waals surface area contributed by atoms with Crippen molar-refractivity contribution >= 4 is 114 Å². The second kappa shape index (κ2) is 14.3. The molecule has 0 spiro atoms. The topological polar surface area (TPSA) is 47.9 Å². The molecule has 0 unspecified atom stereocenters. The van der Waals surface area contributed by atoms with Crippen LogP contribution in [0.2, 0.25) is 0 Å². The van der Waals surface area contributed by atoms with Gasteiger partial charge in [-0.1, -0.05) is 146 Å². The van der Waals surface area contributed by atoms with Crippen LogP contribution < -0.4 is 0 Å². The van der Waals surface area contributed by atoms with Crippen LogP contribution in [0.25, 0.3) is 136 Å². The van der Waals surface area contributed by atoms with Crippen LogP contribution in [0.15, 0.2) is 218 Å². The van der Waals surface area contributed by atoms with Gasteiger partial charge in [-0.05, 0) is 94.3 Å². The van der Waals surface area contributed by atoms with Gasteiger partial charge in [-0.2, -0.15) is 5.26 Å². The van der Waals surface area contributed by atoms with Crippen molar-refractivity contribution in [2.45, 2.75) is 0 Å². The van der Waals surface area contributed by atoms with Gasteiger partial charge >= 0.3 is 0 Å². The van der Waals surface area contributed by atoms with Gasteiger partial charge in [0.1, 0.15) is 6.07 Å². The van der Waals surface area contributed by atoms with E-state index < -0.39 is 0 Å². The highest BCUT2D eigenvalue weighted by Crippen LogP contribution is 2.48. The maximum atomic E-state index is 11.3. The summed E-state index contributed by atoms with van der Waals surface area (Å²) in [6, 6.07) is 79.6. The monoisotopic (exact) mass is 888 g/mol. The Morgan fingerprint density at radius 2 is 0.757 bits per heavy atom. The summed E-state index contributed by atoms with van der Waals surface area (Å²) in [6.45, 7) is 8.88. The van der Waals surface area contributed by atoms with Crippen molar-refractivity contribution in [2.75, 3.05) is 0 Å². The largest absolute Gasteiger partial charge is 0.319 e. The number of hydrogen-bond acceptors (Lipinski definition) is 1.